The summed E-state index contributed by atoms with van der Waals surface area (Å²) in [6, 6.07) is 4.68. The molecule has 0 aliphatic heterocycles. The number of hydrogen-bond donors (Lipinski definition) is 1. The minimum atomic E-state index is -0.745. The van der Waals surface area contributed by atoms with Crippen molar-refractivity contribution in [3.8, 4) is 0 Å². The summed E-state index contributed by atoms with van der Waals surface area (Å²) in [5.41, 5.74) is 3.49. The first-order valence-electron chi connectivity index (χ1n) is 16.0. The largest absolute Gasteiger partial charge is 0.390 e. The molecule has 0 heterocycles. The van der Waals surface area contributed by atoms with Crippen molar-refractivity contribution >= 4 is 6.29 Å². The van der Waals surface area contributed by atoms with Crippen LogP contribution in [0.2, 0.25) is 0 Å². The van der Waals surface area contributed by atoms with Crippen molar-refractivity contribution < 1.29 is 19.7 Å². The molecule has 39 heavy (non-hydrogen) atoms. The van der Waals surface area contributed by atoms with Gasteiger partial charge in [-0.25, -0.2) is 9.78 Å². The number of carbonyl (C=O) groups is 1. The maximum absolute atomic E-state index is 11.7. The van der Waals surface area contributed by atoms with E-state index in [0.29, 0.717) is 24.7 Å². The Morgan fingerprint density at radius 1 is 0.795 bits per heavy atom. The van der Waals surface area contributed by atoms with Crippen LogP contribution in [0.1, 0.15) is 180 Å². The molecule has 4 nitrogen and oxygen atoms in total. The van der Waals surface area contributed by atoms with Gasteiger partial charge in [-0.15, -0.1) is 0 Å². The van der Waals surface area contributed by atoms with Gasteiger partial charge < -0.3 is 9.90 Å². The molecule has 0 bridgehead atoms. The smallest absolute Gasteiger partial charge is 0.128 e. The van der Waals surface area contributed by atoms with E-state index < -0.39 is 11.2 Å². The Morgan fingerprint density at radius 3 is 1.82 bits per heavy atom. The standard InChI is InChI=1S/C35H62O4/c1-11-15-18-21-33(9,10)38-39-35(13-3,14-4)29-24-30(27(5)6)32(31(25-29)28(7)8)26-34(37,12-2)22-19-16-17-20-23-36/h23-25,27-28,37H,11-22,26H2,1-10H3. The van der Waals surface area contributed by atoms with Gasteiger partial charge in [-0.2, -0.15) is 0 Å². The highest BCUT2D eigenvalue weighted by atomic mass is 17.2. The van der Waals surface area contributed by atoms with Crippen LogP contribution in [0.3, 0.4) is 0 Å². The average molecular weight is 547 g/mol. The van der Waals surface area contributed by atoms with Crippen LogP contribution >= 0.6 is 0 Å². The monoisotopic (exact) mass is 546 g/mol. The molecule has 0 aromatic heterocycles. The minimum absolute atomic E-state index is 0.323. The summed E-state index contributed by atoms with van der Waals surface area (Å²) < 4.78 is 0. The SMILES string of the molecule is CCCCCC(C)(C)OOC(CC)(CC)c1cc(C(C)C)c(CC(O)(CC)CCCCCC=O)c(C(C)C)c1. The van der Waals surface area contributed by atoms with E-state index in [-0.39, 0.29) is 5.60 Å². The van der Waals surface area contributed by atoms with E-state index in [0.717, 1.165) is 64.1 Å². The van der Waals surface area contributed by atoms with E-state index in [4.69, 9.17) is 9.78 Å². The predicted octanol–water partition coefficient (Wildman–Crippen LogP) is 10.1. The van der Waals surface area contributed by atoms with Crippen molar-refractivity contribution in [1.29, 1.82) is 0 Å². The average Bonchev–Trinajstić information content (AvgIpc) is 2.89. The van der Waals surface area contributed by atoms with Gasteiger partial charge in [0.2, 0.25) is 0 Å². The van der Waals surface area contributed by atoms with Gasteiger partial charge >= 0.3 is 0 Å². The number of rotatable bonds is 21. The zero-order valence-electron chi connectivity index (χ0n) is 27.3. The zero-order chi connectivity index (χ0) is 29.7. The lowest BCUT2D eigenvalue weighted by Gasteiger charge is -2.37. The van der Waals surface area contributed by atoms with Gasteiger partial charge in [-0.3, -0.25) is 0 Å². The lowest BCUT2D eigenvalue weighted by molar-refractivity contribution is -0.415. The second-order valence-electron chi connectivity index (χ2n) is 13.0. The molecule has 1 N–H and O–H groups in total. The van der Waals surface area contributed by atoms with Gasteiger partial charge in [0.05, 0.1) is 11.2 Å². The highest BCUT2D eigenvalue weighted by Gasteiger charge is 2.36. The number of aliphatic hydroxyl groups is 1. The Hall–Kier alpha value is -1.23. The van der Waals surface area contributed by atoms with Crippen LogP contribution in [-0.4, -0.2) is 22.6 Å². The third-order valence-electron chi connectivity index (χ3n) is 8.67. The van der Waals surface area contributed by atoms with Crippen molar-refractivity contribution in [2.24, 2.45) is 0 Å². The number of benzene rings is 1. The van der Waals surface area contributed by atoms with Crippen LogP contribution in [0.5, 0.6) is 0 Å². The van der Waals surface area contributed by atoms with Gasteiger partial charge in [0.15, 0.2) is 0 Å². The van der Waals surface area contributed by atoms with Crippen molar-refractivity contribution in [3.63, 3.8) is 0 Å². The summed E-state index contributed by atoms with van der Waals surface area (Å²) in [5, 5.41) is 11.7. The van der Waals surface area contributed by atoms with E-state index in [9.17, 15) is 9.90 Å². The summed E-state index contributed by atoms with van der Waals surface area (Å²) in [5.74, 6) is 0.646. The van der Waals surface area contributed by atoms with E-state index in [1.54, 1.807) is 0 Å². The normalized spacial score (nSPS) is 14.3. The summed E-state index contributed by atoms with van der Waals surface area (Å²) in [6.07, 6.45) is 12.7. The molecule has 226 valence electrons. The Balaban J connectivity index is 3.44. The second kappa shape index (κ2) is 16.9. The predicted molar refractivity (Wildman–Crippen MR) is 165 cm³/mol. The lowest BCUT2D eigenvalue weighted by Crippen LogP contribution is -2.35. The molecule has 0 saturated heterocycles. The van der Waals surface area contributed by atoms with Gasteiger partial charge in [-0.05, 0) is 86.5 Å². The highest BCUT2D eigenvalue weighted by molar-refractivity contribution is 5.49. The van der Waals surface area contributed by atoms with E-state index in [1.807, 2.05) is 0 Å². The zero-order valence-corrected chi connectivity index (χ0v) is 27.3. The van der Waals surface area contributed by atoms with Crippen LogP contribution in [0, 0.1) is 0 Å². The quantitative estimate of drug-likeness (QED) is 0.0721. The molecule has 0 spiro atoms. The highest BCUT2D eigenvalue weighted by Crippen LogP contribution is 2.41. The minimum Gasteiger partial charge on any atom is -0.390 e. The van der Waals surface area contributed by atoms with Gasteiger partial charge in [0.25, 0.3) is 0 Å². The first kappa shape index (κ1) is 35.8. The van der Waals surface area contributed by atoms with Gasteiger partial charge in [-0.1, -0.05) is 99.6 Å². The fourth-order valence-corrected chi connectivity index (χ4v) is 5.65. The molecule has 0 saturated carbocycles. The van der Waals surface area contributed by atoms with Crippen LogP contribution in [0.15, 0.2) is 12.1 Å². The van der Waals surface area contributed by atoms with Crippen molar-refractivity contribution in [1.82, 2.24) is 0 Å². The van der Waals surface area contributed by atoms with Crippen LogP contribution in [0.4, 0.5) is 0 Å². The van der Waals surface area contributed by atoms with Crippen molar-refractivity contribution in [2.45, 2.75) is 181 Å². The van der Waals surface area contributed by atoms with Gasteiger partial charge in [0, 0.05) is 12.8 Å². The maximum atomic E-state index is 11.7. The number of unbranched alkanes of at least 4 members (excludes halogenated alkanes) is 5. The van der Waals surface area contributed by atoms with E-state index in [1.165, 1.54) is 35.1 Å². The van der Waals surface area contributed by atoms with Crippen molar-refractivity contribution in [2.75, 3.05) is 0 Å². The molecule has 0 amide bonds. The number of hydrogen-bond acceptors (Lipinski definition) is 4. The Labute approximate surface area is 241 Å². The number of carbonyl (C=O) groups excluding carboxylic acids is 1. The second-order valence-corrected chi connectivity index (χ2v) is 13.0. The fraction of sp³-hybridized carbons (Fsp3) is 0.800. The molecule has 1 rings (SSSR count). The van der Waals surface area contributed by atoms with Crippen LogP contribution in [0.25, 0.3) is 0 Å². The molecular formula is C35H62O4. The molecule has 1 aromatic carbocycles. The fourth-order valence-electron chi connectivity index (χ4n) is 5.65. The summed E-state index contributed by atoms with van der Waals surface area (Å²) in [6.45, 7) is 22.0. The molecule has 1 atom stereocenters. The molecule has 1 aromatic rings. The van der Waals surface area contributed by atoms with E-state index in [2.05, 4.69) is 81.4 Å². The molecule has 0 aliphatic carbocycles. The van der Waals surface area contributed by atoms with Crippen LogP contribution < -0.4 is 0 Å². The Morgan fingerprint density at radius 2 is 1.36 bits per heavy atom. The molecule has 1 unspecified atom stereocenters. The van der Waals surface area contributed by atoms with Gasteiger partial charge in [0.1, 0.15) is 11.9 Å². The molecule has 0 fully saturated rings. The first-order chi connectivity index (χ1) is 18.3. The summed E-state index contributed by atoms with van der Waals surface area (Å²) >= 11 is 0. The van der Waals surface area contributed by atoms with E-state index >= 15 is 0 Å². The Kier molecular flexibility index (Phi) is 15.5. The third kappa shape index (κ3) is 10.9. The Bertz CT molecular complexity index is 808. The molecular weight excluding hydrogens is 484 g/mol. The molecule has 0 aliphatic rings. The topological polar surface area (TPSA) is 55.8 Å². The number of aldehydes is 1. The van der Waals surface area contributed by atoms with Crippen molar-refractivity contribution in [3.05, 3.63) is 34.4 Å². The molecule has 0 radical (unpaired) electrons. The molecule has 4 heteroatoms. The summed E-state index contributed by atoms with van der Waals surface area (Å²) in [7, 11) is 0. The summed E-state index contributed by atoms with van der Waals surface area (Å²) in [4.78, 5) is 23.4. The van der Waals surface area contributed by atoms with Crippen LogP contribution in [-0.2, 0) is 26.6 Å². The first-order valence-corrected chi connectivity index (χ1v) is 16.0. The third-order valence-corrected chi connectivity index (χ3v) is 8.67. The lowest BCUT2D eigenvalue weighted by atomic mass is 9.76. The maximum Gasteiger partial charge on any atom is 0.128 e.